The summed E-state index contributed by atoms with van der Waals surface area (Å²) >= 11 is 7.90. The van der Waals surface area contributed by atoms with Crippen molar-refractivity contribution in [2.75, 3.05) is 11.9 Å². The van der Waals surface area contributed by atoms with E-state index < -0.39 is 0 Å². The van der Waals surface area contributed by atoms with Gasteiger partial charge in [0, 0.05) is 16.4 Å². The molecule has 1 aromatic carbocycles. The van der Waals surface area contributed by atoms with E-state index in [9.17, 15) is 4.79 Å². The summed E-state index contributed by atoms with van der Waals surface area (Å²) in [6.07, 6.45) is 4.35. The smallest absolute Gasteiger partial charge is 0.341 e. The van der Waals surface area contributed by atoms with Crippen molar-refractivity contribution in [2.45, 2.75) is 39.2 Å². The molecular weight excluding hydrogens is 330 g/mol. The first-order valence-corrected chi connectivity index (χ1v) is 9.19. The van der Waals surface area contributed by atoms with Crippen LogP contribution in [0.25, 0.3) is 0 Å². The molecule has 0 amide bonds. The Morgan fingerprint density at radius 2 is 2.09 bits per heavy atom. The maximum absolute atomic E-state index is 12.4. The molecule has 0 fully saturated rings. The number of hydrogen-bond donors (Lipinski definition) is 1. The van der Waals surface area contributed by atoms with Crippen LogP contribution >= 0.6 is 22.9 Å². The lowest BCUT2D eigenvalue weighted by Crippen LogP contribution is -2.11. The van der Waals surface area contributed by atoms with Crippen molar-refractivity contribution in [3.63, 3.8) is 0 Å². The Hall–Kier alpha value is -1.52. The van der Waals surface area contributed by atoms with E-state index in [0.29, 0.717) is 13.2 Å². The van der Waals surface area contributed by atoms with Gasteiger partial charge < -0.3 is 10.1 Å². The fourth-order valence-electron chi connectivity index (χ4n) is 2.93. The second kappa shape index (κ2) is 7.37. The highest BCUT2D eigenvalue weighted by molar-refractivity contribution is 7.16. The second-order valence-corrected chi connectivity index (χ2v) is 7.09. The standard InChI is InChI=1S/C18H20ClNO2S/c1-2-22-18(21)16-13-8-4-6-10-15(13)23-17(16)20-11-12-7-3-5-9-14(12)19/h3,5,7,9,20H,2,4,6,8,10-11H2,1H3. The third-order valence-corrected chi connectivity index (χ3v) is 5.67. The number of carbonyl (C=O) groups excluding carboxylic acids is 1. The minimum atomic E-state index is -0.214. The average Bonchev–Trinajstić information content (AvgIpc) is 2.92. The minimum absolute atomic E-state index is 0.214. The van der Waals surface area contributed by atoms with Gasteiger partial charge in [-0.05, 0) is 49.8 Å². The van der Waals surface area contributed by atoms with Crippen molar-refractivity contribution in [2.24, 2.45) is 0 Å². The number of fused-ring (bicyclic) bond motifs is 1. The van der Waals surface area contributed by atoms with Crippen LogP contribution in [0.5, 0.6) is 0 Å². The highest BCUT2D eigenvalue weighted by Crippen LogP contribution is 2.39. The molecule has 0 bridgehead atoms. The molecule has 3 rings (SSSR count). The first-order chi connectivity index (χ1) is 11.2. The second-order valence-electron chi connectivity index (χ2n) is 5.58. The van der Waals surface area contributed by atoms with Gasteiger partial charge in [-0.15, -0.1) is 11.3 Å². The predicted octanol–water partition coefficient (Wildman–Crippen LogP) is 5.07. The Bertz CT molecular complexity index is 711. The van der Waals surface area contributed by atoms with Crippen LogP contribution in [0.1, 0.15) is 46.1 Å². The molecule has 5 heteroatoms. The minimum Gasteiger partial charge on any atom is -0.462 e. The molecule has 1 N–H and O–H groups in total. The summed E-state index contributed by atoms with van der Waals surface area (Å²) in [6, 6.07) is 7.76. The lowest BCUT2D eigenvalue weighted by Gasteiger charge is -2.12. The number of rotatable bonds is 5. The van der Waals surface area contributed by atoms with Gasteiger partial charge >= 0.3 is 5.97 Å². The molecular formula is C18H20ClNO2S. The van der Waals surface area contributed by atoms with E-state index in [4.69, 9.17) is 16.3 Å². The Balaban J connectivity index is 1.87. The predicted molar refractivity (Wildman–Crippen MR) is 95.7 cm³/mol. The summed E-state index contributed by atoms with van der Waals surface area (Å²) in [6.45, 7) is 2.84. The largest absolute Gasteiger partial charge is 0.462 e. The van der Waals surface area contributed by atoms with Gasteiger partial charge in [0.1, 0.15) is 5.00 Å². The average molecular weight is 350 g/mol. The molecule has 0 spiro atoms. The van der Waals surface area contributed by atoms with Crippen LogP contribution in [0.3, 0.4) is 0 Å². The van der Waals surface area contributed by atoms with Crippen molar-refractivity contribution < 1.29 is 9.53 Å². The number of aryl methyl sites for hydroxylation is 1. The van der Waals surface area contributed by atoms with E-state index in [0.717, 1.165) is 40.4 Å². The molecule has 2 aromatic rings. The van der Waals surface area contributed by atoms with Crippen molar-refractivity contribution in [1.29, 1.82) is 0 Å². The zero-order chi connectivity index (χ0) is 16.2. The van der Waals surface area contributed by atoms with Crippen LogP contribution in [0.2, 0.25) is 5.02 Å². The maximum Gasteiger partial charge on any atom is 0.341 e. The van der Waals surface area contributed by atoms with E-state index in [-0.39, 0.29) is 5.97 Å². The topological polar surface area (TPSA) is 38.3 Å². The van der Waals surface area contributed by atoms with E-state index in [1.54, 1.807) is 11.3 Å². The molecule has 1 aromatic heterocycles. The van der Waals surface area contributed by atoms with Crippen LogP contribution < -0.4 is 5.32 Å². The van der Waals surface area contributed by atoms with Crippen molar-refractivity contribution >= 4 is 33.9 Å². The van der Waals surface area contributed by atoms with Gasteiger partial charge in [-0.1, -0.05) is 29.8 Å². The Labute approximate surface area is 145 Å². The van der Waals surface area contributed by atoms with Crippen molar-refractivity contribution in [1.82, 2.24) is 0 Å². The number of ether oxygens (including phenoxy) is 1. The van der Waals surface area contributed by atoms with Crippen molar-refractivity contribution in [3.8, 4) is 0 Å². The number of nitrogens with one attached hydrogen (secondary N) is 1. The third kappa shape index (κ3) is 3.54. The van der Waals surface area contributed by atoms with E-state index in [2.05, 4.69) is 5.32 Å². The van der Waals surface area contributed by atoms with Gasteiger partial charge in [-0.3, -0.25) is 0 Å². The molecule has 0 saturated heterocycles. The van der Waals surface area contributed by atoms with Gasteiger partial charge in [-0.25, -0.2) is 4.79 Å². The molecule has 0 unspecified atom stereocenters. The van der Waals surface area contributed by atoms with Crippen LogP contribution in [0, 0.1) is 0 Å². The summed E-state index contributed by atoms with van der Waals surface area (Å²) < 4.78 is 5.27. The van der Waals surface area contributed by atoms with Crippen LogP contribution in [-0.4, -0.2) is 12.6 Å². The summed E-state index contributed by atoms with van der Waals surface area (Å²) in [5.74, 6) is -0.214. The molecule has 3 nitrogen and oxygen atoms in total. The van der Waals surface area contributed by atoms with Gasteiger partial charge in [0.25, 0.3) is 0 Å². The van der Waals surface area contributed by atoms with Gasteiger partial charge in [0.05, 0.1) is 12.2 Å². The van der Waals surface area contributed by atoms with Crippen LogP contribution in [-0.2, 0) is 24.1 Å². The molecule has 0 atom stereocenters. The first kappa shape index (κ1) is 16.3. The van der Waals surface area contributed by atoms with Gasteiger partial charge in [-0.2, -0.15) is 0 Å². The molecule has 0 radical (unpaired) electrons. The molecule has 0 saturated carbocycles. The lowest BCUT2D eigenvalue weighted by molar-refractivity contribution is 0.0526. The quantitative estimate of drug-likeness (QED) is 0.766. The molecule has 0 aliphatic heterocycles. The number of thiophene rings is 1. The van der Waals surface area contributed by atoms with E-state index >= 15 is 0 Å². The fraction of sp³-hybridized carbons (Fsp3) is 0.389. The molecule has 1 aliphatic rings. The number of halogens is 1. The Morgan fingerprint density at radius 1 is 1.30 bits per heavy atom. The Morgan fingerprint density at radius 3 is 2.87 bits per heavy atom. The monoisotopic (exact) mass is 349 g/mol. The van der Waals surface area contributed by atoms with Gasteiger partial charge in [0.2, 0.25) is 0 Å². The number of benzene rings is 1. The highest BCUT2D eigenvalue weighted by atomic mass is 35.5. The highest BCUT2D eigenvalue weighted by Gasteiger charge is 2.26. The zero-order valence-electron chi connectivity index (χ0n) is 13.2. The molecule has 122 valence electrons. The molecule has 23 heavy (non-hydrogen) atoms. The number of hydrogen-bond acceptors (Lipinski definition) is 4. The number of carbonyl (C=O) groups is 1. The van der Waals surface area contributed by atoms with E-state index in [1.165, 1.54) is 16.9 Å². The summed E-state index contributed by atoms with van der Waals surface area (Å²) in [5, 5.41) is 5.05. The maximum atomic E-state index is 12.4. The molecule has 1 aliphatic carbocycles. The summed E-state index contributed by atoms with van der Waals surface area (Å²) in [7, 11) is 0. The Kier molecular flexibility index (Phi) is 5.23. The number of anilines is 1. The lowest BCUT2D eigenvalue weighted by atomic mass is 9.95. The first-order valence-electron chi connectivity index (χ1n) is 7.99. The summed E-state index contributed by atoms with van der Waals surface area (Å²) in [5.41, 5.74) is 2.94. The SMILES string of the molecule is CCOC(=O)c1c(NCc2ccccc2Cl)sc2c1CCCC2. The van der Waals surface area contributed by atoms with Gasteiger partial charge in [0.15, 0.2) is 0 Å². The third-order valence-electron chi connectivity index (χ3n) is 4.05. The zero-order valence-corrected chi connectivity index (χ0v) is 14.7. The van der Waals surface area contributed by atoms with Crippen LogP contribution in [0.4, 0.5) is 5.00 Å². The van der Waals surface area contributed by atoms with Crippen LogP contribution in [0.15, 0.2) is 24.3 Å². The number of esters is 1. The normalized spacial score (nSPS) is 13.5. The molecule has 1 heterocycles. The fourth-order valence-corrected chi connectivity index (χ4v) is 4.40. The van der Waals surface area contributed by atoms with Crippen molar-refractivity contribution in [3.05, 3.63) is 50.9 Å². The van der Waals surface area contributed by atoms with E-state index in [1.807, 2.05) is 31.2 Å². The summed E-state index contributed by atoms with van der Waals surface area (Å²) in [4.78, 5) is 13.7.